The van der Waals surface area contributed by atoms with E-state index in [1.807, 2.05) is 12.2 Å². The van der Waals surface area contributed by atoms with Crippen molar-refractivity contribution in [2.75, 3.05) is 119 Å². The van der Waals surface area contributed by atoms with E-state index in [2.05, 4.69) is 0 Å². The summed E-state index contributed by atoms with van der Waals surface area (Å²) in [6.45, 7) is 7.85. The van der Waals surface area contributed by atoms with E-state index in [1.165, 1.54) is 0 Å². The number of hydrogen-bond acceptors (Lipinski definition) is 10. The maximum Gasteiger partial charge on any atom is 0.0704 e. The lowest BCUT2D eigenvalue weighted by atomic mass is 10.5. The molecule has 0 rings (SSSR count). The molecule has 0 fully saturated rings. The molecule has 0 amide bonds. The lowest BCUT2D eigenvalue weighted by Gasteiger charge is -2.06. The summed E-state index contributed by atoms with van der Waals surface area (Å²) in [5.74, 6) is 0. The summed E-state index contributed by atoms with van der Waals surface area (Å²) >= 11 is 0. The molecule has 0 aliphatic rings. The molecule has 0 aliphatic carbocycles. The van der Waals surface area contributed by atoms with Gasteiger partial charge in [0, 0.05) is 0 Å². The second-order valence-corrected chi connectivity index (χ2v) is 5.74. The van der Waals surface area contributed by atoms with E-state index in [0.29, 0.717) is 106 Å². The molecule has 0 aromatic heterocycles. The lowest BCUT2D eigenvalue weighted by molar-refractivity contribution is -0.00387. The first kappa shape index (κ1) is 29.3. The fraction of sp³-hybridized carbons (Fsp3) is 0.900. The van der Waals surface area contributed by atoms with Gasteiger partial charge >= 0.3 is 0 Å². The van der Waals surface area contributed by atoms with E-state index in [1.54, 1.807) is 0 Å². The summed E-state index contributed by atoms with van der Waals surface area (Å²) < 4.78 is 42.3. The van der Waals surface area contributed by atoms with Crippen molar-refractivity contribution in [3.05, 3.63) is 12.2 Å². The van der Waals surface area contributed by atoms with Gasteiger partial charge in [-0.2, -0.15) is 0 Å². The van der Waals surface area contributed by atoms with Gasteiger partial charge in [-0.3, -0.25) is 0 Å². The van der Waals surface area contributed by atoms with E-state index in [9.17, 15) is 0 Å². The summed E-state index contributed by atoms with van der Waals surface area (Å²) in [4.78, 5) is 0. The van der Waals surface area contributed by atoms with E-state index in [4.69, 9.17) is 48.1 Å². The van der Waals surface area contributed by atoms with Gasteiger partial charge in [0.2, 0.25) is 0 Å². The Hall–Kier alpha value is -0.660. The zero-order valence-electron chi connectivity index (χ0n) is 18.0. The minimum atomic E-state index is 0.0299. The van der Waals surface area contributed by atoms with Gasteiger partial charge in [0.15, 0.2) is 0 Å². The Bertz CT molecular complexity index is 301. The molecule has 30 heavy (non-hydrogen) atoms. The zero-order valence-corrected chi connectivity index (χ0v) is 18.0. The largest absolute Gasteiger partial charge is 0.394 e. The molecule has 0 aliphatic heterocycles. The summed E-state index contributed by atoms with van der Waals surface area (Å²) in [6, 6.07) is 0. The molecule has 0 atom stereocenters. The van der Waals surface area contributed by atoms with Gasteiger partial charge < -0.3 is 48.1 Å². The fourth-order valence-electron chi connectivity index (χ4n) is 1.89. The molecule has 0 aromatic carbocycles. The van der Waals surface area contributed by atoms with Crippen molar-refractivity contribution in [2.24, 2.45) is 0 Å². The standard InChI is InChI=1S/C20H40O10/c21-3-7-25-11-15-29-19-17-27-13-9-23-5-1-2-6-24-10-14-28-18-20-30-16-12-26-8-4-22/h1-2,21-22H,3-20H2/b2-1+. The molecule has 0 aromatic rings. The quantitative estimate of drug-likeness (QED) is 0.137. The first-order chi connectivity index (χ1) is 14.9. The maximum absolute atomic E-state index is 8.53. The Morgan fingerprint density at radius 3 is 0.833 bits per heavy atom. The van der Waals surface area contributed by atoms with E-state index < -0.39 is 0 Å². The molecule has 0 bridgehead atoms. The van der Waals surface area contributed by atoms with Crippen molar-refractivity contribution in [1.29, 1.82) is 0 Å². The van der Waals surface area contributed by atoms with Gasteiger partial charge in [-0.05, 0) is 0 Å². The SMILES string of the molecule is OCCOCCOCCOCCOC/C=C/COCCOCCOCCOCCO. The van der Waals surface area contributed by atoms with Gasteiger partial charge in [0.1, 0.15) is 0 Å². The van der Waals surface area contributed by atoms with E-state index >= 15 is 0 Å². The molecule has 0 heterocycles. The summed E-state index contributed by atoms with van der Waals surface area (Å²) in [5, 5.41) is 17.1. The normalized spacial score (nSPS) is 11.7. The number of aliphatic hydroxyl groups excluding tert-OH is 2. The highest BCUT2D eigenvalue weighted by molar-refractivity contribution is 4.81. The molecular formula is C20H40O10. The van der Waals surface area contributed by atoms with E-state index in [-0.39, 0.29) is 13.2 Å². The first-order valence-electron chi connectivity index (χ1n) is 10.4. The summed E-state index contributed by atoms with van der Waals surface area (Å²) in [5.41, 5.74) is 0. The molecule has 10 heteroatoms. The number of ether oxygens (including phenoxy) is 8. The average molecular weight is 441 g/mol. The molecule has 0 saturated heterocycles. The first-order valence-corrected chi connectivity index (χ1v) is 10.4. The average Bonchev–Trinajstić information content (AvgIpc) is 2.76. The van der Waals surface area contributed by atoms with Gasteiger partial charge in [-0.1, -0.05) is 12.2 Å². The monoisotopic (exact) mass is 440 g/mol. The summed E-state index contributed by atoms with van der Waals surface area (Å²) in [7, 11) is 0. The molecule has 180 valence electrons. The Morgan fingerprint density at radius 1 is 0.333 bits per heavy atom. The van der Waals surface area contributed by atoms with Crippen LogP contribution in [0.5, 0.6) is 0 Å². The van der Waals surface area contributed by atoms with Crippen molar-refractivity contribution in [1.82, 2.24) is 0 Å². The maximum atomic E-state index is 8.53. The minimum absolute atomic E-state index is 0.0299. The van der Waals surface area contributed by atoms with Crippen molar-refractivity contribution < 1.29 is 48.1 Å². The van der Waals surface area contributed by atoms with Crippen LogP contribution in [0.3, 0.4) is 0 Å². The number of rotatable bonds is 26. The van der Waals surface area contributed by atoms with Gasteiger partial charge in [-0.15, -0.1) is 0 Å². The lowest BCUT2D eigenvalue weighted by Crippen LogP contribution is -2.12. The fourth-order valence-corrected chi connectivity index (χ4v) is 1.89. The third-order valence-electron chi connectivity index (χ3n) is 3.30. The van der Waals surface area contributed by atoms with Crippen molar-refractivity contribution in [3.8, 4) is 0 Å². The second-order valence-electron chi connectivity index (χ2n) is 5.74. The predicted octanol–water partition coefficient (Wildman–Crippen LogP) is -0.340. The van der Waals surface area contributed by atoms with Crippen molar-refractivity contribution in [3.63, 3.8) is 0 Å². The molecular weight excluding hydrogens is 400 g/mol. The Labute approximate surface area is 179 Å². The van der Waals surface area contributed by atoms with Gasteiger partial charge in [0.25, 0.3) is 0 Å². The van der Waals surface area contributed by atoms with Crippen LogP contribution in [0.2, 0.25) is 0 Å². The molecule has 2 N–H and O–H groups in total. The highest BCUT2D eigenvalue weighted by atomic mass is 16.6. The Morgan fingerprint density at radius 2 is 0.567 bits per heavy atom. The van der Waals surface area contributed by atoms with Gasteiger partial charge in [0.05, 0.1) is 119 Å². The topological polar surface area (TPSA) is 114 Å². The van der Waals surface area contributed by atoms with Crippen LogP contribution >= 0.6 is 0 Å². The van der Waals surface area contributed by atoms with Crippen LogP contribution in [-0.2, 0) is 37.9 Å². The van der Waals surface area contributed by atoms with Gasteiger partial charge in [-0.25, -0.2) is 0 Å². The number of hydrogen-bond donors (Lipinski definition) is 2. The molecule has 0 radical (unpaired) electrons. The minimum Gasteiger partial charge on any atom is -0.394 e. The molecule has 0 spiro atoms. The molecule has 0 saturated carbocycles. The number of aliphatic hydroxyl groups is 2. The van der Waals surface area contributed by atoms with E-state index in [0.717, 1.165) is 0 Å². The van der Waals surface area contributed by atoms with Crippen LogP contribution in [0.4, 0.5) is 0 Å². The van der Waals surface area contributed by atoms with Crippen LogP contribution in [0.1, 0.15) is 0 Å². The molecule has 0 unspecified atom stereocenters. The smallest absolute Gasteiger partial charge is 0.0704 e. The van der Waals surface area contributed by atoms with Crippen LogP contribution < -0.4 is 0 Å². The zero-order chi connectivity index (χ0) is 21.8. The molecule has 10 nitrogen and oxygen atoms in total. The Balaban J connectivity index is 3.06. The third-order valence-corrected chi connectivity index (χ3v) is 3.30. The van der Waals surface area contributed by atoms with Crippen LogP contribution in [0.25, 0.3) is 0 Å². The predicted molar refractivity (Wildman–Crippen MR) is 110 cm³/mol. The van der Waals surface area contributed by atoms with Crippen molar-refractivity contribution in [2.45, 2.75) is 0 Å². The van der Waals surface area contributed by atoms with Crippen LogP contribution in [0.15, 0.2) is 12.2 Å². The third kappa shape index (κ3) is 27.3. The van der Waals surface area contributed by atoms with Crippen LogP contribution in [-0.4, -0.2) is 129 Å². The highest BCUT2D eigenvalue weighted by Gasteiger charge is 1.93. The Kier molecular flexibility index (Phi) is 27.7. The summed E-state index contributed by atoms with van der Waals surface area (Å²) in [6.07, 6.45) is 3.81. The van der Waals surface area contributed by atoms with Crippen LogP contribution in [0, 0.1) is 0 Å². The highest BCUT2D eigenvalue weighted by Crippen LogP contribution is 1.86. The second kappa shape index (κ2) is 28.3. The van der Waals surface area contributed by atoms with Crippen molar-refractivity contribution >= 4 is 0 Å².